The first-order chi connectivity index (χ1) is 10.0. The van der Waals surface area contributed by atoms with Gasteiger partial charge in [-0.1, -0.05) is 17.3 Å². The van der Waals surface area contributed by atoms with Gasteiger partial charge in [0.2, 0.25) is 10.0 Å². The van der Waals surface area contributed by atoms with E-state index in [-0.39, 0.29) is 0 Å². The van der Waals surface area contributed by atoms with Gasteiger partial charge < -0.3 is 5.73 Å². The van der Waals surface area contributed by atoms with Gasteiger partial charge in [-0.2, -0.15) is 0 Å². The normalized spacial score (nSPS) is 11.7. The second-order valence-corrected chi connectivity index (χ2v) is 6.46. The summed E-state index contributed by atoms with van der Waals surface area (Å²) in [7, 11) is -3.49. The number of benzene rings is 1. The van der Waals surface area contributed by atoms with Crippen LogP contribution < -0.4 is 10.5 Å². The standard InChI is InChI=1S/C13H19N5O2S/c1-11-9-12(10-14)3-4-13(11)21(19,20)16-5-2-7-18-8-6-15-17-18/h3-4,6,8-9,16H,2,5,7,10,14H2,1H3. The summed E-state index contributed by atoms with van der Waals surface area (Å²) in [6, 6.07) is 5.12. The monoisotopic (exact) mass is 309 g/mol. The van der Waals surface area contributed by atoms with E-state index in [1.165, 1.54) is 0 Å². The molecular weight excluding hydrogens is 290 g/mol. The van der Waals surface area contributed by atoms with E-state index in [2.05, 4.69) is 15.0 Å². The Bertz CT molecular complexity index is 683. The third-order valence-electron chi connectivity index (χ3n) is 3.09. The zero-order valence-electron chi connectivity index (χ0n) is 11.9. The Kier molecular flexibility index (Phi) is 5.05. The average Bonchev–Trinajstić information content (AvgIpc) is 2.96. The summed E-state index contributed by atoms with van der Waals surface area (Å²) >= 11 is 0. The number of nitrogens with one attached hydrogen (secondary N) is 1. The largest absolute Gasteiger partial charge is 0.326 e. The molecular formula is C13H19N5O2S. The minimum Gasteiger partial charge on any atom is -0.326 e. The highest BCUT2D eigenvalue weighted by Crippen LogP contribution is 2.16. The molecule has 0 aliphatic carbocycles. The van der Waals surface area contributed by atoms with Gasteiger partial charge in [-0.05, 0) is 30.5 Å². The van der Waals surface area contributed by atoms with Crippen LogP contribution in [0.5, 0.6) is 0 Å². The second-order valence-electron chi connectivity index (χ2n) is 4.72. The topological polar surface area (TPSA) is 103 Å². The van der Waals surface area contributed by atoms with Gasteiger partial charge in [0.15, 0.2) is 0 Å². The van der Waals surface area contributed by atoms with Crippen molar-refractivity contribution in [2.45, 2.75) is 31.3 Å². The van der Waals surface area contributed by atoms with Gasteiger partial charge in [-0.15, -0.1) is 5.10 Å². The number of rotatable bonds is 7. The fourth-order valence-corrected chi connectivity index (χ4v) is 3.32. The third kappa shape index (κ3) is 4.10. The van der Waals surface area contributed by atoms with Crippen molar-refractivity contribution in [3.8, 4) is 0 Å². The van der Waals surface area contributed by atoms with Crippen LogP contribution in [0.3, 0.4) is 0 Å². The minimum absolute atomic E-state index is 0.292. The summed E-state index contributed by atoms with van der Waals surface area (Å²) < 4.78 is 28.7. The van der Waals surface area contributed by atoms with E-state index in [4.69, 9.17) is 5.73 Å². The molecule has 7 nitrogen and oxygen atoms in total. The van der Waals surface area contributed by atoms with Gasteiger partial charge in [-0.25, -0.2) is 13.1 Å². The lowest BCUT2D eigenvalue weighted by Gasteiger charge is -2.10. The molecule has 0 fully saturated rings. The highest BCUT2D eigenvalue weighted by Gasteiger charge is 2.16. The molecule has 0 bridgehead atoms. The molecule has 0 aliphatic rings. The number of nitrogens with zero attached hydrogens (tertiary/aromatic N) is 3. The third-order valence-corrected chi connectivity index (χ3v) is 4.71. The van der Waals surface area contributed by atoms with Crippen molar-refractivity contribution in [3.05, 3.63) is 41.7 Å². The van der Waals surface area contributed by atoms with E-state index >= 15 is 0 Å². The molecule has 0 saturated heterocycles. The quantitative estimate of drug-likeness (QED) is 0.721. The summed E-state index contributed by atoms with van der Waals surface area (Å²) in [6.07, 6.45) is 3.97. The van der Waals surface area contributed by atoms with Gasteiger partial charge in [0.25, 0.3) is 0 Å². The van der Waals surface area contributed by atoms with Crippen LogP contribution in [0.25, 0.3) is 0 Å². The fourth-order valence-electron chi connectivity index (χ4n) is 2.02. The smallest absolute Gasteiger partial charge is 0.240 e. The van der Waals surface area contributed by atoms with Gasteiger partial charge >= 0.3 is 0 Å². The number of sulfonamides is 1. The van der Waals surface area contributed by atoms with E-state index < -0.39 is 10.0 Å². The van der Waals surface area contributed by atoms with Crippen LogP contribution in [0, 0.1) is 6.92 Å². The molecule has 0 amide bonds. The van der Waals surface area contributed by atoms with Crippen LogP contribution >= 0.6 is 0 Å². The van der Waals surface area contributed by atoms with Crippen LogP contribution in [-0.2, 0) is 23.1 Å². The van der Waals surface area contributed by atoms with Crippen molar-refractivity contribution in [2.24, 2.45) is 5.73 Å². The molecule has 114 valence electrons. The molecule has 1 heterocycles. The van der Waals surface area contributed by atoms with Gasteiger partial charge in [0.1, 0.15) is 0 Å². The van der Waals surface area contributed by atoms with Crippen molar-refractivity contribution >= 4 is 10.0 Å². The Hall–Kier alpha value is -1.77. The molecule has 0 spiro atoms. The minimum atomic E-state index is -3.49. The summed E-state index contributed by atoms with van der Waals surface area (Å²) in [4.78, 5) is 0.292. The van der Waals surface area contributed by atoms with Crippen molar-refractivity contribution in [1.29, 1.82) is 0 Å². The number of aryl methyl sites for hydroxylation is 2. The maximum Gasteiger partial charge on any atom is 0.240 e. The Morgan fingerprint density at radius 2 is 2.19 bits per heavy atom. The molecule has 21 heavy (non-hydrogen) atoms. The number of hydrogen-bond donors (Lipinski definition) is 2. The molecule has 0 unspecified atom stereocenters. The predicted molar refractivity (Wildman–Crippen MR) is 78.9 cm³/mol. The van der Waals surface area contributed by atoms with Gasteiger partial charge in [0, 0.05) is 25.8 Å². The molecule has 2 aromatic rings. The zero-order chi connectivity index (χ0) is 15.3. The van der Waals surface area contributed by atoms with Crippen LogP contribution in [0.2, 0.25) is 0 Å². The van der Waals surface area contributed by atoms with E-state index in [1.807, 2.05) is 0 Å². The maximum absolute atomic E-state index is 12.2. The SMILES string of the molecule is Cc1cc(CN)ccc1S(=O)(=O)NCCCn1ccnn1. The number of hydrogen-bond acceptors (Lipinski definition) is 5. The molecule has 0 atom stereocenters. The summed E-state index contributed by atoms with van der Waals surface area (Å²) in [5.74, 6) is 0. The molecule has 0 aliphatic heterocycles. The van der Waals surface area contributed by atoms with E-state index in [1.54, 1.807) is 42.2 Å². The molecule has 0 saturated carbocycles. The molecule has 0 radical (unpaired) electrons. The van der Waals surface area contributed by atoms with Crippen molar-refractivity contribution in [2.75, 3.05) is 6.54 Å². The summed E-state index contributed by atoms with van der Waals surface area (Å²) in [5.41, 5.74) is 7.15. The summed E-state index contributed by atoms with van der Waals surface area (Å²) in [5, 5.41) is 7.51. The highest BCUT2D eigenvalue weighted by atomic mass is 32.2. The Balaban J connectivity index is 1.95. The predicted octanol–water partition coefficient (Wildman–Crippen LogP) is 0.414. The Labute approximate surface area is 124 Å². The Morgan fingerprint density at radius 1 is 1.38 bits per heavy atom. The van der Waals surface area contributed by atoms with E-state index in [0.29, 0.717) is 36.5 Å². The van der Waals surface area contributed by atoms with Crippen LogP contribution in [0.1, 0.15) is 17.5 Å². The summed E-state index contributed by atoms with van der Waals surface area (Å²) in [6.45, 7) is 3.13. The lowest BCUT2D eigenvalue weighted by Crippen LogP contribution is -2.26. The Morgan fingerprint density at radius 3 is 2.81 bits per heavy atom. The lowest BCUT2D eigenvalue weighted by atomic mass is 10.1. The average molecular weight is 309 g/mol. The molecule has 1 aromatic heterocycles. The zero-order valence-corrected chi connectivity index (χ0v) is 12.7. The molecule has 3 N–H and O–H groups in total. The van der Waals surface area contributed by atoms with Crippen molar-refractivity contribution in [3.63, 3.8) is 0 Å². The number of nitrogens with two attached hydrogens (primary N) is 1. The van der Waals surface area contributed by atoms with Crippen LogP contribution in [0.15, 0.2) is 35.5 Å². The fraction of sp³-hybridized carbons (Fsp3) is 0.385. The lowest BCUT2D eigenvalue weighted by molar-refractivity contribution is 0.542. The maximum atomic E-state index is 12.2. The molecule has 1 aromatic carbocycles. The first-order valence-corrected chi connectivity index (χ1v) is 8.14. The van der Waals surface area contributed by atoms with E-state index in [0.717, 1.165) is 5.56 Å². The molecule has 2 rings (SSSR count). The van der Waals surface area contributed by atoms with Crippen LogP contribution in [0.4, 0.5) is 0 Å². The van der Waals surface area contributed by atoms with E-state index in [9.17, 15) is 8.42 Å². The second kappa shape index (κ2) is 6.79. The first kappa shape index (κ1) is 15.6. The van der Waals surface area contributed by atoms with Crippen molar-refractivity contribution in [1.82, 2.24) is 19.7 Å². The van der Waals surface area contributed by atoms with Crippen LogP contribution in [-0.4, -0.2) is 30.0 Å². The van der Waals surface area contributed by atoms with Crippen molar-refractivity contribution < 1.29 is 8.42 Å². The molecule has 8 heteroatoms. The van der Waals surface area contributed by atoms with Gasteiger partial charge in [0.05, 0.1) is 11.1 Å². The number of aromatic nitrogens is 3. The van der Waals surface area contributed by atoms with Gasteiger partial charge in [-0.3, -0.25) is 4.68 Å². The first-order valence-electron chi connectivity index (χ1n) is 6.66. The highest BCUT2D eigenvalue weighted by molar-refractivity contribution is 7.89.